The van der Waals surface area contributed by atoms with E-state index in [1.807, 2.05) is 83.5 Å². The Balaban J connectivity index is 1.51. The highest BCUT2D eigenvalue weighted by Crippen LogP contribution is 2.42. The second kappa shape index (κ2) is 10.7. The van der Waals surface area contributed by atoms with Crippen molar-refractivity contribution in [1.29, 1.82) is 0 Å². The van der Waals surface area contributed by atoms with E-state index in [4.69, 9.17) is 31.3 Å². The quantitative estimate of drug-likeness (QED) is 0.216. The summed E-state index contributed by atoms with van der Waals surface area (Å²) in [7, 11) is 3.28. The van der Waals surface area contributed by atoms with Crippen molar-refractivity contribution in [2.24, 2.45) is 5.10 Å². The zero-order chi connectivity index (χ0) is 26.8. The van der Waals surface area contributed by atoms with Gasteiger partial charge >= 0.3 is 0 Å². The summed E-state index contributed by atoms with van der Waals surface area (Å²) in [4.78, 5) is 0. The Hall–Kier alpha value is -4.55. The summed E-state index contributed by atoms with van der Waals surface area (Å²) >= 11 is 6.18. The summed E-state index contributed by atoms with van der Waals surface area (Å²) in [6.45, 7) is 0. The number of nitrogens with zero attached hydrogens (tertiary/aromatic N) is 4. The number of aromatic nitrogens is 2. The Morgan fingerprint density at radius 3 is 2.05 bits per heavy atom. The highest BCUT2D eigenvalue weighted by Gasteiger charge is 2.33. The lowest BCUT2D eigenvalue weighted by Gasteiger charge is -2.23. The number of para-hydroxylation sites is 2. The van der Waals surface area contributed by atoms with E-state index < -0.39 is 0 Å². The minimum absolute atomic E-state index is 0.0846. The van der Waals surface area contributed by atoms with Gasteiger partial charge in [0.15, 0.2) is 11.5 Å². The second-order valence-corrected chi connectivity index (χ2v) is 9.67. The van der Waals surface area contributed by atoms with Crippen molar-refractivity contribution in [2.45, 2.75) is 12.5 Å². The molecule has 1 aliphatic rings. The summed E-state index contributed by atoms with van der Waals surface area (Å²) in [6, 6.07) is 34.1. The molecule has 0 N–H and O–H groups in total. The molecule has 4 aromatic carbocycles. The third kappa shape index (κ3) is 4.87. The lowest BCUT2D eigenvalue weighted by atomic mass is 9.96. The van der Waals surface area contributed by atoms with Crippen LogP contribution in [0.3, 0.4) is 0 Å². The van der Waals surface area contributed by atoms with Crippen molar-refractivity contribution in [3.63, 3.8) is 0 Å². The van der Waals surface area contributed by atoms with Crippen LogP contribution in [0, 0.1) is 0 Å². The molecule has 39 heavy (non-hydrogen) atoms. The molecule has 2 heterocycles. The number of hydrogen-bond acceptors (Lipinski definition) is 5. The molecule has 0 bridgehead atoms. The number of methoxy groups -OCH3 is 2. The van der Waals surface area contributed by atoms with Crippen molar-refractivity contribution >= 4 is 23.0 Å². The summed E-state index contributed by atoms with van der Waals surface area (Å²) < 4.78 is 13.1. The van der Waals surface area contributed by atoms with Crippen LogP contribution >= 0.6 is 11.6 Å². The molecule has 194 valence electrons. The van der Waals surface area contributed by atoms with E-state index in [1.54, 1.807) is 14.2 Å². The maximum Gasteiger partial charge on any atom is 0.161 e. The van der Waals surface area contributed by atoms with Gasteiger partial charge in [-0.15, -0.1) is 0 Å². The molecule has 0 fully saturated rings. The third-order valence-corrected chi connectivity index (χ3v) is 7.14. The van der Waals surface area contributed by atoms with Crippen LogP contribution in [0.4, 0.5) is 5.69 Å². The van der Waals surface area contributed by atoms with Crippen LogP contribution in [0.15, 0.2) is 114 Å². The summed E-state index contributed by atoms with van der Waals surface area (Å²) in [5, 5.41) is 13.0. The maximum absolute atomic E-state index is 6.18. The average Bonchev–Trinajstić information content (AvgIpc) is 3.63. The van der Waals surface area contributed by atoms with Crippen molar-refractivity contribution in [2.75, 3.05) is 19.2 Å². The fraction of sp³-hybridized carbons (Fsp3) is 0.125. The molecule has 0 amide bonds. The predicted octanol–water partition coefficient (Wildman–Crippen LogP) is 7.57. The second-order valence-electron chi connectivity index (χ2n) is 9.24. The molecule has 0 saturated carbocycles. The van der Waals surface area contributed by atoms with E-state index in [1.165, 1.54) is 0 Å². The van der Waals surface area contributed by atoms with Gasteiger partial charge in [0.25, 0.3) is 0 Å². The first kappa shape index (κ1) is 24.8. The SMILES string of the molecule is COc1ccc(-c2nn(-c3ccccc3)cc2[C@H]2CC(c3ccc(Cl)cc3)=NN2c2ccccc2)cc1OC. The molecular formula is C32H27ClN4O2. The van der Waals surface area contributed by atoms with Gasteiger partial charge in [-0.2, -0.15) is 10.2 Å². The summed E-state index contributed by atoms with van der Waals surface area (Å²) in [5.74, 6) is 1.32. The van der Waals surface area contributed by atoms with Gasteiger partial charge in [-0.1, -0.05) is 60.1 Å². The monoisotopic (exact) mass is 534 g/mol. The van der Waals surface area contributed by atoms with Gasteiger partial charge < -0.3 is 9.47 Å². The zero-order valence-electron chi connectivity index (χ0n) is 21.7. The molecule has 0 spiro atoms. The van der Waals surface area contributed by atoms with Crippen LogP contribution in [0.5, 0.6) is 11.5 Å². The maximum atomic E-state index is 6.18. The van der Waals surface area contributed by atoms with Gasteiger partial charge in [0.1, 0.15) is 0 Å². The molecule has 1 aromatic heterocycles. The first-order valence-corrected chi connectivity index (χ1v) is 13.1. The summed E-state index contributed by atoms with van der Waals surface area (Å²) in [5.41, 5.74) is 6.88. The van der Waals surface area contributed by atoms with Gasteiger partial charge in [0.2, 0.25) is 0 Å². The van der Waals surface area contributed by atoms with E-state index in [0.29, 0.717) is 22.9 Å². The molecule has 7 heteroatoms. The van der Waals surface area contributed by atoms with Gasteiger partial charge in [0.05, 0.1) is 43.0 Å². The highest BCUT2D eigenvalue weighted by atomic mass is 35.5. The Kier molecular flexibility index (Phi) is 6.78. The van der Waals surface area contributed by atoms with Crippen molar-refractivity contribution in [1.82, 2.24) is 9.78 Å². The van der Waals surface area contributed by atoms with E-state index in [9.17, 15) is 0 Å². The minimum Gasteiger partial charge on any atom is -0.493 e. The Morgan fingerprint density at radius 2 is 1.38 bits per heavy atom. The Bertz CT molecular complexity index is 1620. The van der Waals surface area contributed by atoms with E-state index in [-0.39, 0.29) is 6.04 Å². The number of hydrazone groups is 1. The normalized spacial score (nSPS) is 14.8. The molecule has 0 unspecified atom stereocenters. The van der Waals surface area contributed by atoms with Crippen LogP contribution in [-0.4, -0.2) is 29.7 Å². The number of ether oxygens (including phenoxy) is 2. The topological polar surface area (TPSA) is 51.9 Å². The van der Waals surface area contributed by atoms with Gasteiger partial charge in [0, 0.05) is 28.8 Å². The lowest BCUT2D eigenvalue weighted by Crippen LogP contribution is -2.18. The first-order valence-electron chi connectivity index (χ1n) is 12.7. The third-order valence-electron chi connectivity index (χ3n) is 6.89. The Labute approximate surface area is 232 Å². The van der Waals surface area contributed by atoms with E-state index in [2.05, 4.69) is 35.5 Å². The smallest absolute Gasteiger partial charge is 0.161 e. The standard InChI is InChI=1S/C32H27ClN4O2/c1-38-30-18-15-23(19-31(30)39-2)32-27(21-36(35-32)25-9-5-3-6-10-25)29-20-28(22-13-16-24(33)17-14-22)34-37(29)26-11-7-4-8-12-26/h3-19,21,29H,20H2,1-2H3/t29-/m1/s1. The van der Waals surface area contributed by atoms with Gasteiger partial charge in [-0.05, 0) is 60.2 Å². The van der Waals surface area contributed by atoms with E-state index in [0.717, 1.165) is 39.5 Å². The number of hydrogen-bond donors (Lipinski definition) is 0. The molecule has 1 aliphatic heterocycles. The van der Waals surface area contributed by atoms with Crippen LogP contribution < -0.4 is 14.5 Å². The molecule has 5 aromatic rings. The average molecular weight is 535 g/mol. The number of rotatable bonds is 7. The molecular weight excluding hydrogens is 508 g/mol. The first-order chi connectivity index (χ1) is 19.1. The lowest BCUT2D eigenvalue weighted by molar-refractivity contribution is 0.355. The molecule has 6 rings (SSSR count). The van der Waals surface area contributed by atoms with Crippen molar-refractivity contribution in [3.05, 3.63) is 125 Å². The van der Waals surface area contributed by atoms with Crippen molar-refractivity contribution in [3.8, 4) is 28.4 Å². The molecule has 6 nitrogen and oxygen atoms in total. The van der Waals surface area contributed by atoms with Gasteiger partial charge in [-0.25, -0.2) is 4.68 Å². The fourth-order valence-corrected chi connectivity index (χ4v) is 5.07. The highest BCUT2D eigenvalue weighted by molar-refractivity contribution is 6.30. The largest absolute Gasteiger partial charge is 0.493 e. The molecule has 0 aliphatic carbocycles. The number of anilines is 1. The van der Waals surface area contributed by atoms with Gasteiger partial charge in [-0.3, -0.25) is 5.01 Å². The van der Waals surface area contributed by atoms with Crippen LogP contribution in [-0.2, 0) is 0 Å². The summed E-state index contributed by atoms with van der Waals surface area (Å²) in [6.07, 6.45) is 2.82. The van der Waals surface area contributed by atoms with Crippen LogP contribution in [0.25, 0.3) is 16.9 Å². The van der Waals surface area contributed by atoms with Crippen LogP contribution in [0.1, 0.15) is 23.6 Å². The molecule has 1 atom stereocenters. The van der Waals surface area contributed by atoms with Crippen molar-refractivity contribution < 1.29 is 9.47 Å². The zero-order valence-corrected chi connectivity index (χ0v) is 22.4. The molecule has 0 radical (unpaired) electrons. The minimum atomic E-state index is -0.0846. The number of halogens is 1. The van der Waals surface area contributed by atoms with Crippen LogP contribution in [0.2, 0.25) is 5.02 Å². The Morgan fingerprint density at radius 1 is 0.744 bits per heavy atom. The fourth-order valence-electron chi connectivity index (χ4n) is 4.94. The number of benzene rings is 4. The predicted molar refractivity (Wildman–Crippen MR) is 156 cm³/mol. The van der Waals surface area contributed by atoms with E-state index >= 15 is 0 Å². The molecule has 0 saturated heterocycles.